The Hall–Kier alpha value is -2.60. The highest BCUT2D eigenvalue weighted by Crippen LogP contribution is 2.26. The van der Waals surface area contributed by atoms with E-state index in [2.05, 4.69) is 26.3 Å². The van der Waals surface area contributed by atoms with E-state index in [4.69, 9.17) is 4.74 Å². The highest BCUT2D eigenvalue weighted by molar-refractivity contribution is 9.10. The lowest BCUT2D eigenvalue weighted by Gasteiger charge is -2.08. The van der Waals surface area contributed by atoms with Gasteiger partial charge in [0.1, 0.15) is 5.75 Å². The zero-order valence-corrected chi connectivity index (χ0v) is 14.9. The van der Waals surface area contributed by atoms with Crippen molar-refractivity contribution in [2.75, 3.05) is 12.4 Å². The fraction of sp³-hybridized carbons (Fsp3) is 0.111. The Morgan fingerprint density at radius 3 is 2.62 bits per heavy atom. The average molecular weight is 386 g/mol. The summed E-state index contributed by atoms with van der Waals surface area (Å²) in [5.74, 6) is 0.480. The van der Waals surface area contributed by atoms with E-state index in [0.717, 1.165) is 15.9 Å². The van der Waals surface area contributed by atoms with Crippen LogP contribution in [0, 0.1) is 6.92 Å². The summed E-state index contributed by atoms with van der Waals surface area (Å²) in [5.41, 5.74) is 3.02. The number of carbonyl (C=O) groups is 1. The molecular formula is C18H16BrN3O2. The second-order valence-electron chi connectivity index (χ2n) is 5.19. The van der Waals surface area contributed by atoms with E-state index >= 15 is 0 Å². The fourth-order valence-electron chi connectivity index (χ4n) is 2.36. The number of hydrogen-bond acceptors (Lipinski definition) is 3. The van der Waals surface area contributed by atoms with Crippen LogP contribution in [0.2, 0.25) is 0 Å². The number of ether oxygens (including phenoxy) is 1. The minimum Gasteiger partial charge on any atom is -0.496 e. The molecule has 0 atom stereocenters. The Labute approximate surface area is 148 Å². The Morgan fingerprint density at radius 2 is 1.96 bits per heavy atom. The molecule has 0 saturated carbocycles. The summed E-state index contributed by atoms with van der Waals surface area (Å²) in [5, 5.41) is 7.25. The molecule has 5 nitrogen and oxygen atoms in total. The molecule has 0 unspecified atom stereocenters. The van der Waals surface area contributed by atoms with Gasteiger partial charge in [-0.15, -0.1) is 0 Å². The monoisotopic (exact) mass is 385 g/mol. The number of benzene rings is 2. The Balaban J connectivity index is 1.83. The van der Waals surface area contributed by atoms with Crippen LogP contribution in [-0.4, -0.2) is 22.8 Å². The van der Waals surface area contributed by atoms with Crippen molar-refractivity contribution in [1.29, 1.82) is 0 Å². The molecule has 6 heteroatoms. The van der Waals surface area contributed by atoms with E-state index in [0.29, 0.717) is 17.0 Å². The number of anilines is 1. The molecule has 0 radical (unpaired) electrons. The van der Waals surface area contributed by atoms with Gasteiger partial charge in [-0.05, 0) is 53.2 Å². The van der Waals surface area contributed by atoms with Crippen LogP contribution in [0.5, 0.6) is 5.75 Å². The maximum atomic E-state index is 12.5. The smallest absolute Gasteiger partial charge is 0.255 e. The molecule has 0 bridgehead atoms. The molecule has 3 rings (SSSR count). The molecule has 0 fully saturated rings. The standard InChI is InChI=1S/C18H16BrN3O2/c1-12-16(11-20-22(12)14-6-4-3-5-7-14)21-18(23)13-8-9-17(24-2)15(19)10-13/h3-11H,1-2H3,(H,21,23). The summed E-state index contributed by atoms with van der Waals surface area (Å²) >= 11 is 3.39. The van der Waals surface area contributed by atoms with Crippen LogP contribution < -0.4 is 10.1 Å². The molecule has 2 aromatic carbocycles. The van der Waals surface area contributed by atoms with Crippen LogP contribution in [0.1, 0.15) is 16.1 Å². The number of nitrogens with one attached hydrogen (secondary N) is 1. The first-order valence-electron chi connectivity index (χ1n) is 7.35. The van der Waals surface area contributed by atoms with Crippen molar-refractivity contribution < 1.29 is 9.53 Å². The van der Waals surface area contributed by atoms with E-state index in [9.17, 15) is 4.79 Å². The van der Waals surface area contributed by atoms with Gasteiger partial charge in [0.05, 0.1) is 34.8 Å². The molecule has 0 spiro atoms. The largest absolute Gasteiger partial charge is 0.496 e. The number of halogens is 1. The third-order valence-electron chi connectivity index (χ3n) is 3.67. The van der Waals surface area contributed by atoms with Crippen LogP contribution in [-0.2, 0) is 0 Å². The molecule has 122 valence electrons. The van der Waals surface area contributed by atoms with Gasteiger partial charge in [-0.3, -0.25) is 4.79 Å². The van der Waals surface area contributed by atoms with Gasteiger partial charge in [-0.2, -0.15) is 5.10 Å². The van der Waals surface area contributed by atoms with E-state index in [1.54, 1.807) is 36.2 Å². The maximum Gasteiger partial charge on any atom is 0.255 e. The lowest BCUT2D eigenvalue weighted by molar-refractivity contribution is 0.102. The molecule has 1 aromatic heterocycles. The van der Waals surface area contributed by atoms with Crippen LogP contribution in [0.25, 0.3) is 5.69 Å². The van der Waals surface area contributed by atoms with Gasteiger partial charge < -0.3 is 10.1 Å². The zero-order chi connectivity index (χ0) is 17.1. The summed E-state index contributed by atoms with van der Waals surface area (Å²) in [6.07, 6.45) is 1.65. The molecule has 0 aliphatic carbocycles. The van der Waals surface area contributed by atoms with Crippen LogP contribution in [0.4, 0.5) is 5.69 Å². The minimum atomic E-state index is -0.200. The zero-order valence-electron chi connectivity index (χ0n) is 13.3. The molecule has 1 N–H and O–H groups in total. The molecule has 1 amide bonds. The van der Waals surface area contributed by atoms with Crippen LogP contribution in [0.3, 0.4) is 0 Å². The fourth-order valence-corrected chi connectivity index (χ4v) is 2.90. The average Bonchev–Trinajstić information content (AvgIpc) is 2.96. The third-order valence-corrected chi connectivity index (χ3v) is 4.29. The van der Waals surface area contributed by atoms with Crippen molar-refractivity contribution in [2.45, 2.75) is 6.92 Å². The van der Waals surface area contributed by atoms with Gasteiger partial charge in [-0.25, -0.2) is 4.68 Å². The van der Waals surface area contributed by atoms with Crippen molar-refractivity contribution >= 4 is 27.5 Å². The summed E-state index contributed by atoms with van der Waals surface area (Å²) in [6, 6.07) is 15.0. The van der Waals surface area contributed by atoms with Gasteiger partial charge in [0, 0.05) is 5.56 Å². The molecule has 24 heavy (non-hydrogen) atoms. The molecule has 0 aliphatic heterocycles. The Kier molecular flexibility index (Phi) is 4.66. The second kappa shape index (κ2) is 6.88. The third kappa shape index (κ3) is 3.19. The second-order valence-corrected chi connectivity index (χ2v) is 6.05. The molecule has 1 heterocycles. The van der Waals surface area contributed by atoms with Gasteiger partial charge in [0.15, 0.2) is 0 Å². The number of nitrogens with zero attached hydrogens (tertiary/aromatic N) is 2. The number of carbonyl (C=O) groups excluding carboxylic acids is 1. The van der Waals surface area contributed by atoms with Gasteiger partial charge in [-0.1, -0.05) is 18.2 Å². The van der Waals surface area contributed by atoms with Crippen LogP contribution in [0.15, 0.2) is 59.2 Å². The summed E-state index contributed by atoms with van der Waals surface area (Å²) in [6.45, 7) is 1.92. The van der Waals surface area contributed by atoms with E-state index in [1.165, 1.54) is 0 Å². The Morgan fingerprint density at radius 1 is 1.21 bits per heavy atom. The normalized spacial score (nSPS) is 10.5. The van der Waals surface area contributed by atoms with Crippen LogP contribution >= 0.6 is 15.9 Å². The van der Waals surface area contributed by atoms with Crippen molar-refractivity contribution in [2.24, 2.45) is 0 Å². The number of methoxy groups -OCH3 is 1. The van der Waals surface area contributed by atoms with Gasteiger partial charge in [0.25, 0.3) is 5.91 Å². The van der Waals surface area contributed by atoms with Crippen molar-refractivity contribution in [3.8, 4) is 11.4 Å². The summed E-state index contributed by atoms with van der Waals surface area (Å²) in [4.78, 5) is 12.5. The van der Waals surface area contributed by atoms with Crippen molar-refractivity contribution in [1.82, 2.24) is 9.78 Å². The minimum absolute atomic E-state index is 0.200. The lowest BCUT2D eigenvalue weighted by Crippen LogP contribution is -2.12. The summed E-state index contributed by atoms with van der Waals surface area (Å²) in [7, 11) is 1.58. The molecule has 3 aromatic rings. The topological polar surface area (TPSA) is 56.1 Å². The maximum absolute atomic E-state index is 12.5. The summed E-state index contributed by atoms with van der Waals surface area (Å²) < 4.78 is 7.70. The number of hydrogen-bond donors (Lipinski definition) is 1. The van der Waals surface area contributed by atoms with Crippen molar-refractivity contribution in [3.63, 3.8) is 0 Å². The van der Waals surface area contributed by atoms with Gasteiger partial charge >= 0.3 is 0 Å². The lowest BCUT2D eigenvalue weighted by atomic mass is 10.2. The first kappa shape index (κ1) is 16.3. The number of amides is 1. The Bertz CT molecular complexity index is 875. The SMILES string of the molecule is COc1ccc(C(=O)Nc2cnn(-c3ccccc3)c2C)cc1Br. The molecular weight excluding hydrogens is 370 g/mol. The van der Waals surface area contributed by atoms with E-state index < -0.39 is 0 Å². The number of rotatable bonds is 4. The highest BCUT2D eigenvalue weighted by atomic mass is 79.9. The first-order chi connectivity index (χ1) is 11.6. The van der Waals surface area contributed by atoms with E-state index in [1.807, 2.05) is 37.3 Å². The molecule has 0 aliphatic rings. The van der Waals surface area contributed by atoms with Crippen molar-refractivity contribution in [3.05, 3.63) is 70.5 Å². The predicted molar refractivity (Wildman–Crippen MR) is 96.9 cm³/mol. The molecule has 0 saturated heterocycles. The predicted octanol–water partition coefficient (Wildman–Crippen LogP) is 4.20. The number of para-hydroxylation sites is 1. The van der Waals surface area contributed by atoms with Gasteiger partial charge in [0.2, 0.25) is 0 Å². The van der Waals surface area contributed by atoms with E-state index in [-0.39, 0.29) is 5.91 Å². The quantitative estimate of drug-likeness (QED) is 0.731. The number of aromatic nitrogens is 2. The highest BCUT2D eigenvalue weighted by Gasteiger charge is 2.13. The first-order valence-corrected chi connectivity index (χ1v) is 8.14.